The van der Waals surface area contributed by atoms with Gasteiger partial charge in [0.25, 0.3) is 0 Å². The average Bonchev–Trinajstić information content (AvgIpc) is 2.62. The standard InChI is InChI=1S/C18H35N/c1-4-15-8-5-6-10-17(15)18(19)12-7-9-16(11-13-18)14(2)3/h14-17H,4-13,19H2,1-3H3. The summed E-state index contributed by atoms with van der Waals surface area (Å²) in [5, 5.41) is 0. The summed E-state index contributed by atoms with van der Waals surface area (Å²) in [5.74, 6) is 3.50. The van der Waals surface area contributed by atoms with Crippen LogP contribution in [0.2, 0.25) is 0 Å². The van der Waals surface area contributed by atoms with Gasteiger partial charge in [0.15, 0.2) is 0 Å². The zero-order valence-corrected chi connectivity index (χ0v) is 13.5. The van der Waals surface area contributed by atoms with Crippen molar-refractivity contribution < 1.29 is 0 Å². The molecule has 0 saturated heterocycles. The summed E-state index contributed by atoms with van der Waals surface area (Å²) in [4.78, 5) is 0. The van der Waals surface area contributed by atoms with Crippen LogP contribution in [0, 0.1) is 23.7 Å². The van der Waals surface area contributed by atoms with Crippen molar-refractivity contribution in [2.45, 2.75) is 90.5 Å². The van der Waals surface area contributed by atoms with Gasteiger partial charge in [0.1, 0.15) is 0 Å². The molecule has 0 spiro atoms. The van der Waals surface area contributed by atoms with Crippen molar-refractivity contribution in [2.75, 3.05) is 0 Å². The molecule has 0 bridgehead atoms. The van der Waals surface area contributed by atoms with Gasteiger partial charge in [0, 0.05) is 5.54 Å². The van der Waals surface area contributed by atoms with E-state index >= 15 is 0 Å². The Morgan fingerprint density at radius 1 is 1.00 bits per heavy atom. The van der Waals surface area contributed by atoms with E-state index in [1.165, 1.54) is 64.2 Å². The van der Waals surface area contributed by atoms with Crippen LogP contribution in [0.4, 0.5) is 0 Å². The zero-order valence-electron chi connectivity index (χ0n) is 13.5. The van der Waals surface area contributed by atoms with E-state index in [4.69, 9.17) is 5.73 Å². The van der Waals surface area contributed by atoms with Gasteiger partial charge in [-0.2, -0.15) is 0 Å². The van der Waals surface area contributed by atoms with E-state index in [9.17, 15) is 0 Å². The topological polar surface area (TPSA) is 26.0 Å². The van der Waals surface area contributed by atoms with Crippen molar-refractivity contribution >= 4 is 0 Å². The Bertz CT molecular complexity index is 273. The molecule has 112 valence electrons. The lowest BCUT2D eigenvalue weighted by molar-refractivity contribution is 0.112. The van der Waals surface area contributed by atoms with E-state index in [1.54, 1.807) is 0 Å². The van der Waals surface area contributed by atoms with E-state index in [0.717, 1.165) is 23.7 Å². The summed E-state index contributed by atoms with van der Waals surface area (Å²) in [6.07, 6.45) is 13.8. The summed E-state index contributed by atoms with van der Waals surface area (Å²) < 4.78 is 0. The largest absolute Gasteiger partial charge is 0.325 e. The molecule has 0 heterocycles. The molecule has 4 unspecified atom stereocenters. The maximum atomic E-state index is 6.96. The third-order valence-corrected chi connectivity index (χ3v) is 6.31. The number of hydrogen-bond acceptors (Lipinski definition) is 1. The first-order valence-corrected chi connectivity index (χ1v) is 8.85. The Morgan fingerprint density at radius 2 is 1.74 bits per heavy atom. The molecule has 2 aliphatic carbocycles. The Kier molecular flexibility index (Phi) is 5.34. The Balaban J connectivity index is 2.04. The van der Waals surface area contributed by atoms with Crippen LogP contribution in [0.15, 0.2) is 0 Å². The van der Waals surface area contributed by atoms with E-state index < -0.39 is 0 Å². The van der Waals surface area contributed by atoms with Gasteiger partial charge >= 0.3 is 0 Å². The molecule has 2 fully saturated rings. The van der Waals surface area contributed by atoms with Crippen molar-refractivity contribution in [3.63, 3.8) is 0 Å². The van der Waals surface area contributed by atoms with E-state index in [-0.39, 0.29) is 5.54 Å². The number of nitrogens with two attached hydrogens (primary N) is 1. The first-order chi connectivity index (χ1) is 9.07. The fraction of sp³-hybridized carbons (Fsp3) is 1.00. The first-order valence-electron chi connectivity index (χ1n) is 8.85. The highest BCUT2D eigenvalue weighted by Crippen LogP contribution is 2.45. The second-order valence-electron chi connectivity index (χ2n) is 7.73. The molecule has 0 aromatic carbocycles. The quantitative estimate of drug-likeness (QED) is 0.703. The maximum Gasteiger partial charge on any atom is 0.0185 e. The van der Waals surface area contributed by atoms with E-state index in [1.807, 2.05) is 0 Å². The van der Waals surface area contributed by atoms with Crippen LogP contribution in [-0.4, -0.2) is 5.54 Å². The van der Waals surface area contributed by atoms with Gasteiger partial charge in [-0.25, -0.2) is 0 Å². The van der Waals surface area contributed by atoms with Gasteiger partial charge in [0.05, 0.1) is 0 Å². The van der Waals surface area contributed by atoms with Crippen LogP contribution >= 0.6 is 0 Å². The van der Waals surface area contributed by atoms with Crippen LogP contribution in [-0.2, 0) is 0 Å². The number of hydrogen-bond donors (Lipinski definition) is 1. The van der Waals surface area contributed by atoms with Gasteiger partial charge in [-0.05, 0) is 49.4 Å². The smallest absolute Gasteiger partial charge is 0.0185 e. The Hall–Kier alpha value is -0.0400. The van der Waals surface area contributed by atoms with Crippen LogP contribution in [0.3, 0.4) is 0 Å². The molecule has 0 aromatic rings. The van der Waals surface area contributed by atoms with Crippen LogP contribution in [0.5, 0.6) is 0 Å². The Labute approximate surface area is 120 Å². The van der Waals surface area contributed by atoms with Gasteiger partial charge < -0.3 is 5.73 Å². The molecular weight excluding hydrogens is 230 g/mol. The van der Waals surface area contributed by atoms with Crippen LogP contribution in [0.1, 0.15) is 85.0 Å². The number of rotatable bonds is 3. The maximum absolute atomic E-state index is 6.96. The highest BCUT2D eigenvalue weighted by Gasteiger charge is 2.41. The lowest BCUT2D eigenvalue weighted by atomic mass is 9.65. The highest BCUT2D eigenvalue weighted by molar-refractivity contribution is 4.97. The summed E-state index contributed by atoms with van der Waals surface area (Å²) in [7, 11) is 0. The molecule has 0 aromatic heterocycles. The molecule has 2 rings (SSSR count). The molecule has 0 aliphatic heterocycles. The van der Waals surface area contributed by atoms with Crippen LogP contribution in [0.25, 0.3) is 0 Å². The van der Waals surface area contributed by atoms with Gasteiger partial charge in [-0.15, -0.1) is 0 Å². The van der Waals surface area contributed by atoms with Crippen molar-refractivity contribution in [2.24, 2.45) is 29.4 Å². The molecule has 0 radical (unpaired) electrons. The lowest BCUT2D eigenvalue weighted by Crippen LogP contribution is -2.50. The fourth-order valence-corrected chi connectivity index (χ4v) is 4.91. The van der Waals surface area contributed by atoms with Crippen LogP contribution < -0.4 is 5.73 Å². The predicted octanol–water partition coefficient (Wildman–Crippen LogP) is 5.14. The minimum Gasteiger partial charge on any atom is -0.325 e. The fourth-order valence-electron chi connectivity index (χ4n) is 4.91. The molecule has 2 N–H and O–H groups in total. The highest BCUT2D eigenvalue weighted by atomic mass is 14.8. The monoisotopic (exact) mass is 265 g/mol. The lowest BCUT2D eigenvalue weighted by Gasteiger charge is -2.44. The van der Waals surface area contributed by atoms with Gasteiger partial charge in [-0.3, -0.25) is 0 Å². The Morgan fingerprint density at radius 3 is 2.42 bits per heavy atom. The van der Waals surface area contributed by atoms with Gasteiger partial charge in [-0.1, -0.05) is 59.3 Å². The second-order valence-corrected chi connectivity index (χ2v) is 7.73. The second kappa shape index (κ2) is 6.61. The van der Waals surface area contributed by atoms with E-state index in [2.05, 4.69) is 20.8 Å². The molecule has 1 nitrogen and oxygen atoms in total. The summed E-state index contributed by atoms with van der Waals surface area (Å²) >= 11 is 0. The SMILES string of the molecule is CCC1CCCCC1C1(N)CCCC(C(C)C)CC1. The van der Waals surface area contributed by atoms with Crippen molar-refractivity contribution in [1.82, 2.24) is 0 Å². The first kappa shape index (κ1) is 15.4. The molecule has 0 amide bonds. The van der Waals surface area contributed by atoms with E-state index in [0.29, 0.717) is 0 Å². The molecule has 2 saturated carbocycles. The third-order valence-electron chi connectivity index (χ3n) is 6.31. The third kappa shape index (κ3) is 3.54. The summed E-state index contributed by atoms with van der Waals surface area (Å²) in [5.41, 5.74) is 7.13. The minimum atomic E-state index is 0.171. The normalized spacial score (nSPS) is 41.2. The molecule has 1 heteroatoms. The van der Waals surface area contributed by atoms with Crippen molar-refractivity contribution in [3.8, 4) is 0 Å². The minimum absolute atomic E-state index is 0.171. The predicted molar refractivity (Wildman–Crippen MR) is 84.1 cm³/mol. The van der Waals surface area contributed by atoms with Gasteiger partial charge in [0.2, 0.25) is 0 Å². The zero-order chi connectivity index (χ0) is 13.9. The summed E-state index contributed by atoms with van der Waals surface area (Å²) in [6.45, 7) is 7.16. The van der Waals surface area contributed by atoms with Crippen molar-refractivity contribution in [3.05, 3.63) is 0 Å². The van der Waals surface area contributed by atoms with Crippen molar-refractivity contribution in [1.29, 1.82) is 0 Å². The molecule has 4 atom stereocenters. The molecule has 19 heavy (non-hydrogen) atoms. The average molecular weight is 265 g/mol. The molecular formula is C18H35N. The molecule has 2 aliphatic rings. The summed E-state index contributed by atoms with van der Waals surface area (Å²) in [6, 6.07) is 0.